The van der Waals surface area contributed by atoms with Crippen molar-refractivity contribution in [1.82, 2.24) is 3.71 Å². The lowest BCUT2D eigenvalue weighted by atomic mass is 10.3. The molecule has 1 aromatic rings. The van der Waals surface area contributed by atoms with E-state index < -0.39 is 11.9 Å². The zero-order valence-corrected chi connectivity index (χ0v) is 8.13. The Morgan fingerprint density at radius 1 is 1.31 bits per heavy atom. The minimum Gasteiger partial charge on any atom is -0.409 e. The summed E-state index contributed by atoms with van der Waals surface area (Å²) < 4.78 is 17.8. The number of hydrogen-bond donors (Lipinski definition) is 2. The van der Waals surface area contributed by atoms with Gasteiger partial charge in [0.25, 0.3) is 0 Å². The van der Waals surface area contributed by atoms with Crippen molar-refractivity contribution in [1.29, 1.82) is 0 Å². The summed E-state index contributed by atoms with van der Waals surface area (Å²) in [5.74, 6) is -0.159. The van der Waals surface area contributed by atoms with Crippen molar-refractivity contribution in [3.05, 3.63) is 30.1 Å². The first-order valence-corrected chi connectivity index (χ1v) is 4.05. The van der Waals surface area contributed by atoms with E-state index in [1.165, 1.54) is 24.3 Å². The van der Waals surface area contributed by atoms with Gasteiger partial charge in [0.05, 0.1) is 0 Å². The zero-order valence-electron chi connectivity index (χ0n) is 6.35. The van der Waals surface area contributed by atoms with Crippen molar-refractivity contribution in [3.8, 4) is 5.75 Å². The van der Waals surface area contributed by atoms with Gasteiger partial charge in [-0.25, -0.2) is 9.18 Å². The zero-order chi connectivity index (χ0) is 9.84. The molecule has 0 heterocycles. The van der Waals surface area contributed by atoms with E-state index in [1.54, 1.807) is 0 Å². The molecular weight excluding hydrogens is 213 g/mol. The third kappa shape index (κ3) is 3.16. The molecule has 0 bridgehead atoms. The van der Waals surface area contributed by atoms with Gasteiger partial charge in [-0.2, -0.15) is 3.71 Å². The fourth-order valence-electron chi connectivity index (χ4n) is 0.644. The molecule has 0 aromatic heterocycles. The minimum absolute atomic E-state index is 0.236. The molecule has 0 fully saturated rings. The molecular formula is C7H6FNO2S2. The molecule has 3 nitrogen and oxygen atoms in total. The van der Waals surface area contributed by atoms with Gasteiger partial charge in [0.15, 0.2) is 0 Å². The molecule has 0 aliphatic heterocycles. The van der Waals surface area contributed by atoms with E-state index >= 15 is 0 Å². The van der Waals surface area contributed by atoms with Crippen LogP contribution < -0.4 is 4.74 Å². The SMILES string of the molecule is O=C(Oc1ccc(F)cc1)N(S)S. The highest BCUT2D eigenvalue weighted by atomic mass is 32.2. The maximum absolute atomic E-state index is 12.4. The monoisotopic (exact) mass is 219 g/mol. The van der Waals surface area contributed by atoms with Crippen LogP contribution in [-0.2, 0) is 0 Å². The van der Waals surface area contributed by atoms with Gasteiger partial charge in [-0.15, -0.1) is 0 Å². The third-order valence-electron chi connectivity index (χ3n) is 1.18. The summed E-state index contributed by atoms with van der Waals surface area (Å²) in [7, 11) is 0. The topological polar surface area (TPSA) is 29.5 Å². The van der Waals surface area contributed by atoms with Gasteiger partial charge in [-0.3, -0.25) is 0 Å². The first kappa shape index (κ1) is 10.2. The van der Waals surface area contributed by atoms with Crippen LogP contribution in [0.4, 0.5) is 9.18 Å². The van der Waals surface area contributed by atoms with Gasteiger partial charge >= 0.3 is 6.09 Å². The average Bonchev–Trinajstić information content (AvgIpc) is 2.08. The Hall–Kier alpha value is -0.880. The maximum atomic E-state index is 12.4. The van der Waals surface area contributed by atoms with Crippen LogP contribution in [0.3, 0.4) is 0 Å². The van der Waals surface area contributed by atoms with E-state index in [4.69, 9.17) is 4.74 Å². The molecule has 0 aliphatic carbocycles. The summed E-state index contributed by atoms with van der Waals surface area (Å²) in [6.07, 6.45) is -0.752. The molecule has 70 valence electrons. The number of halogens is 1. The van der Waals surface area contributed by atoms with Gasteiger partial charge in [-0.05, 0) is 49.9 Å². The second-order valence-electron chi connectivity index (χ2n) is 2.11. The standard InChI is InChI=1S/C7H6FNO2S2/c8-5-1-3-6(4-2-5)11-7(10)9(12)13/h1-4,12-13H. The van der Waals surface area contributed by atoms with Crippen LogP contribution in [0.25, 0.3) is 0 Å². The highest BCUT2D eigenvalue weighted by molar-refractivity contribution is 7.94. The Morgan fingerprint density at radius 3 is 2.31 bits per heavy atom. The number of amides is 1. The molecule has 1 rings (SSSR count). The van der Waals surface area contributed by atoms with Gasteiger partial charge in [0.2, 0.25) is 0 Å². The summed E-state index contributed by atoms with van der Waals surface area (Å²) in [6.45, 7) is 0. The molecule has 0 aliphatic rings. The van der Waals surface area contributed by atoms with Gasteiger partial charge < -0.3 is 4.74 Å². The van der Waals surface area contributed by atoms with E-state index in [2.05, 4.69) is 25.6 Å². The van der Waals surface area contributed by atoms with Crippen LogP contribution in [0.5, 0.6) is 5.75 Å². The molecule has 13 heavy (non-hydrogen) atoms. The average molecular weight is 219 g/mol. The van der Waals surface area contributed by atoms with Crippen LogP contribution in [0, 0.1) is 5.82 Å². The van der Waals surface area contributed by atoms with Crippen LogP contribution in [0.15, 0.2) is 24.3 Å². The first-order chi connectivity index (χ1) is 6.09. The molecule has 0 unspecified atom stereocenters. The maximum Gasteiger partial charge on any atom is 0.435 e. The third-order valence-corrected chi connectivity index (χ3v) is 1.51. The highest BCUT2D eigenvalue weighted by Gasteiger charge is 2.07. The van der Waals surface area contributed by atoms with Crippen LogP contribution in [0.2, 0.25) is 0 Å². The molecule has 6 heteroatoms. The predicted octanol–water partition coefficient (Wildman–Crippen LogP) is 2.32. The normalized spacial score (nSPS) is 9.46. The molecule has 0 saturated carbocycles. The van der Waals surface area contributed by atoms with E-state index in [1.807, 2.05) is 0 Å². The highest BCUT2D eigenvalue weighted by Crippen LogP contribution is 2.13. The number of carbonyl (C=O) groups excluding carboxylic acids is 1. The van der Waals surface area contributed by atoms with Crippen molar-refractivity contribution in [2.75, 3.05) is 0 Å². The molecule has 0 radical (unpaired) electrons. The summed E-state index contributed by atoms with van der Waals surface area (Å²) in [5, 5.41) is 0. The number of benzene rings is 1. The molecule has 1 aromatic carbocycles. The van der Waals surface area contributed by atoms with Crippen molar-refractivity contribution < 1.29 is 13.9 Å². The van der Waals surface area contributed by atoms with E-state index in [-0.39, 0.29) is 5.75 Å². The Bertz CT molecular complexity index is 302. The molecule has 0 atom stereocenters. The van der Waals surface area contributed by atoms with E-state index in [0.29, 0.717) is 3.71 Å². The Morgan fingerprint density at radius 2 is 1.85 bits per heavy atom. The number of hydrogen-bond acceptors (Lipinski definition) is 4. The number of rotatable bonds is 1. The molecule has 0 N–H and O–H groups in total. The Kier molecular flexibility index (Phi) is 3.44. The van der Waals surface area contributed by atoms with E-state index in [9.17, 15) is 9.18 Å². The van der Waals surface area contributed by atoms with Crippen LogP contribution >= 0.6 is 25.6 Å². The summed E-state index contributed by atoms with van der Waals surface area (Å²) in [5.41, 5.74) is 0. The van der Waals surface area contributed by atoms with Gasteiger partial charge in [-0.1, -0.05) is 0 Å². The van der Waals surface area contributed by atoms with Gasteiger partial charge in [0.1, 0.15) is 11.6 Å². The summed E-state index contributed by atoms with van der Waals surface area (Å²) in [4.78, 5) is 10.9. The fourth-order valence-corrected chi connectivity index (χ4v) is 0.726. The summed E-state index contributed by atoms with van der Waals surface area (Å²) in [6, 6.07) is 5.03. The lowest BCUT2D eigenvalue weighted by molar-refractivity contribution is 0.197. The van der Waals surface area contributed by atoms with Crippen molar-refractivity contribution in [3.63, 3.8) is 0 Å². The minimum atomic E-state index is -0.752. The second-order valence-corrected chi connectivity index (χ2v) is 3.23. The quantitative estimate of drug-likeness (QED) is 0.710. The van der Waals surface area contributed by atoms with Gasteiger partial charge in [0, 0.05) is 0 Å². The number of carbonyl (C=O) groups is 1. The predicted molar refractivity (Wildman–Crippen MR) is 52.2 cm³/mol. The van der Waals surface area contributed by atoms with Crippen LogP contribution in [-0.4, -0.2) is 9.80 Å². The molecule has 0 saturated heterocycles. The Balaban J connectivity index is 2.65. The number of nitrogens with zero attached hydrogens (tertiary/aromatic N) is 1. The van der Waals surface area contributed by atoms with E-state index in [0.717, 1.165) is 0 Å². The fraction of sp³-hybridized carbons (Fsp3) is 0. The molecule has 0 spiro atoms. The molecule has 1 amide bonds. The first-order valence-electron chi connectivity index (χ1n) is 3.25. The Labute approximate surface area is 85.6 Å². The largest absolute Gasteiger partial charge is 0.435 e. The van der Waals surface area contributed by atoms with Crippen LogP contribution in [0.1, 0.15) is 0 Å². The van der Waals surface area contributed by atoms with Crippen molar-refractivity contribution in [2.24, 2.45) is 0 Å². The number of thiol groups is 2. The lowest BCUT2D eigenvalue weighted by Gasteiger charge is -2.07. The smallest absolute Gasteiger partial charge is 0.409 e. The van der Waals surface area contributed by atoms with Crippen molar-refractivity contribution >= 4 is 31.7 Å². The second kappa shape index (κ2) is 4.38. The summed E-state index contributed by atoms with van der Waals surface area (Å²) >= 11 is 7.18. The van der Waals surface area contributed by atoms with Crippen molar-refractivity contribution in [2.45, 2.75) is 0 Å². The number of ether oxygens (including phenoxy) is 1. The lowest BCUT2D eigenvalue weighted by Crippen LogP contribution is -2.16.